The zero-order valence-electron chi connectivity index (χ0n) is 37.4. The van der Waals surface area contributed by atoms with Gasteiger partial charge < -0.3 is 59.0 Å². The summed E-state index contributed by atoms with van der Waals surface area (Å²) >= 11 is 0. The topological polar surface area (TPSA) is 238 Å². The van der Waals surface area contributed by atoms with Crippen LogP contribution in [0, 0.1) is 36.5 Å². The Morgan fingerprint density at radius 2 is 1.64 bits per heavy atom. The molecule has 1 amide bonds. The summed E-state index contributed by atoms with van der Waals surface area (Å²) in [5, 5.41) is 48.9. The number of esters is 1. The van der Waals surface area contributed by atoms with Crippen molar-refractivity contribution >= 4 is 74.0 Å². The molecule has 0 fully saturated rings. The summed E-state index contributed by atoms with van der Waals surface area (Å²) in [7, 11) is 3.64. The van der Waals surface area contributed by atoms with E-state index in [1.807, 2.05) is 23.9 Å². The summed E-state index contributed by atoms with van der Waals surface area (Å²) in [6.07, 6.45) is 4.43. The number of nitrogens with zero attached hydrogens (tertiary/aromatic N) is 3. The van der Waals surface area contributed by atoms with Crippen molar-refractivity contribution in [3.05, 3.63) is 73.4 Å². The van der Waals surface area contributed by atoms with Crippen molar-refractivity contribution in [2.75, 3.05) is 42.3 Å². The number of carbonyl (C=O) groups is 3. The normalized spacial score (nSPS) is 29.8. The molecule has 5 bridgehead atoms. The number of likely N-dealkylation sites (N-methyl/N-ethyl adjacent to an activating group) is 2. The second-order valence-corrected chi connectivity index (χ2v) is 17.5. The first kappa shape index (κ1) is 45.6. The van der Waals surface area contributed by atoms with Gasteiger partial charge >= 0.3 is 11.8 Å². The lowest BCUT2D eigenvalue weighted by Gasteiger charge is -2.37. The van der Waals surface area contributed by atoms with Crippen LogP contribution in [0.4, 0.5) is 17.1 Å². The third-order valence-corrected chi connectivity index (χ3v) is 13.1. The highest BCUT2D eigenvalue weighted by Crippen LogP contribution is 2.44. The summed E-state index contributed by atoms with van der Waals surface area (Å²) in [6, 6.07) is 1.43. The number of aliphatic hydroxyl groups is 3. The SMILES string of the molecule is CC(=O)O[C@H]1[C@H](C)[C@H](O)[C@H](C)[C@@H](O)[C@@H](C)/C=C/C=C(/C)C(=O)Nc2c(=O)c3c(O)c(C)c4c(c3c3nc5c(=O)cc6c(c5oc23)N(C)CCN6C)=C(O)[C@@](C)(O/C=C/[C@H](C=O)[C@H]1C)O4. The van der Waals surface area contributed by atoms with Crippen LogP contribution >= 0.6 is 0 Å². The minimum absolute atomic E-state index is 0.0217. The molecule has 0 radical (unpaired) electrons. The maximum atomic E-state index is 14.8. The lowest BCUT2D eigenvalue weighted by molar-refractivity contribution is -0.159. The summed E-state index contributed by atoms with van der Waals surface area (Å²) < 4.78 is 24.5. The number of fused-ring (bicyclic) bond motifs is 16. The maximum Gasteiger partial charge on any atom is 0.307 e. The van der Waals surface area contributed by atoms with Crippen LogP contribution in [0.1, 0.15) is 54.0 Å². The molecule has 5 N–H and O–H groups in total. The van der Waals surface area contributed by atoms with Gasteiger partial charge in [-0.3, -0.25) is 19.2 Å². The first-order valence-electron chi connectivity index (χ1n) is 21.1. The number of aromatic nitrogens is 1. The molecule has 64 heavy (non-hydrogen) atoms. The predicted octanol–water partition coefficient (Wildman–Crippen LogP) is 4.25. The number of anilines is 3. The van der Waals surface area contributed by atoms with Crippen molar-refractivity contribution in [1.29, 1.82) is 0 Å². The van der Waals surface area contributed by atoms with Gasteiger partial charge in [0, 0.05) is 93.2 Å². The number of phenols is 1. The fraction of sp³-hybridized carbons (Fsp3) is 0.447. The first-order chi connectivity index (χ1) is 30.1. The van der Waals surface area contributed by atoms with E-state index in [9.17, 15) is 44.4 Å². The van der Waals surface area contributed by atoms with Gasteiger partial charge in [0.25, 0.3) is 5.91 Å². The number of nitrogens with one attached hydrogen (secondary N) is 1. The van der Waals surface area contributed by atoms with Crippen molar-refractivity contribution in [2.45, 2.75) is 79.5 Å². The van der Waals surface area contributed by atoms with Gasteiger partial charge in [0.2, 0.25) is 10.9 Å². The fourth-order valence-electron chi connectivity index (χ4n) is 9.03. The predicted molar refractivity (Wildman–Crippen MR) is 240 cm³/mol. The Morgan fingerprint density at radius 3 is 2.31 bits per heavy atom. The van der Waals surface area contributed by atoms with Crippen molar-refractivity contribution in [2.24, 2.45) is 29.6 Å². The second kappa shape index (κ2) is 16.9. The highest BCUT2D eigenvalue weighted by atomic mass is 16.7. The van der Waals surface area contributed by atoms with E-state index >= 15 is 0 Å². The zero-order chi connectivity index (χ0) is 46.8. The van der Waals surface area contributed by atoms with Gasteiger partial charge in [-0.2, -0.15) is 0 Å². The Labute approximate surface area is 367 Å². The highest BCUT2D eigenvalue weighted by molar-refractivity contribution is 6.17. The molecule has 3 aromatic carbocycles. The van der Waals surface area contributed by atoms with Crippen molar-refractivity contribution in [3.63, 3.8) is 0 Å². The van der Waals surface area contributed by atoms with Gasteiger partial charge in [-0.25, -0.2) is 4.98 Å². The van der Waals surface area contributed by atoms with E-state index in [4.69, 9.17) is 23.6 Å². The summed E-state index contributed by atoms with van der Waals surface area (Å²) in [4.78, 5) is 76.3. The standard InChI is InChI=1S/C47H54N4O13/c1-20-12-11-13-21(2)46(60)49-35-40(58)31-30(34-43(35)63-44-33(48-34)29(54)18-28-36(44)51(10)16-15-50(28)9)32-42(25(6)39(31)57)64-47(8,45(32)59)61-17-14-27(19-52)22(3)41(62-26(7)53)24(5)38(56)23(4)37(20)55/h11-14,17-20,22-24,27,37-38,41,55-57,59H,15-16H2,1-10H3,(H,49,60)/b12-11+,17-14+,21-13-/t20-,22+,23+,24+,27+,37-,38+,41+,47-/m0/s1. The molecule has 17 heteroatoms. The number of rotatable bonds is 2. The maximum absolute atomic E-state index is 14.8. The molecule has 4 aromatic rings. The van der Waals surface area contributed by atoms with Gasteiger partial charge in [0.1, 0.15) is 40.8 Å². The molecule has 340 valence electrons. The van der Waals surface area contributed by atoms with Gasteiger partial charge in [-0.1, -0.05) is 45.9 Å². The Hall–Kier alpha value is -6.46. The van der Waals surface area contributed by atoms with Crippen molar-refractivity contribution in [1.82, 2.24) is 4.98 Å². The van der Waals surface area contributed by atoms with Gasteiger partial charge in [-0.05, 0) is 19.9 Å². The Kier molecular flexibility index (Phi) is 12.0. The summed E-state index contributed by atoms with van der Waals surface area (Å²) in [6.45, 7) is 13.4. The minimum Gasteiger partial charge on any atom is -0.507 e. The second-order valence-electron chi connectivity index (χ2n) is 17.5. The quantitative estimate of drug-likeness (QED) is 0.0819. The molecule has 0 aliphatic carbocycles. The molecule has 4 aliphatic rings. The van der Waals surface area contributed by atoms with Crippen LogP contribution in [0.25, 0.3) is 38.7 Å². The van der Waals surface area contributed by atoms with E-state index in [1.54, 1.807) is 39.8 Å². The summed E-state index contributed by atoms with van der Waals surface area (Å²) in [5.74, 6) is -8.48. The number of phenolic OH excluding ortho intramolecular Hbond substituents is 1. The molecule has 9 atom stereocenters. The van der Waals surface area contributed by atoms with Gasteiger partial charge in [0.05, 0.1) is 34.8 Å². The molecule has 0 unspecified atom stereocenters. The number of aliphatic hydroxyl groups excluding tert-OH is 3. The number of allylic oxidation sites excluding steroid dienone is 3. The van der Waals surface area contributed by atoms with E-state index in [1.165, 1.54) is 45.9 Å². The van der Waals surface area contributed by atoms with Gasteiger partial charge in [-0.15, -0.1) is 0 Å². The van der Waals surface area contributed by atoms with E-state index in [0.29, 0.717) is 30.8 Å². The Bertz CT molecular complexity index is 2890. The molecular formula is C47H54N4O13. The molecular weight excluding hydrogens is 829 g/mol. The Morgan fingerprint density at radius 1 is 0.953 bits per heavy atom. The lowest BCUT2D eigenvalue weighted by atomic mass is 9.77. The molecule has 4 aliphatic heterocycles. The number of benzene rings is 3. The number of amides is 1. The highest BCUT2D eigenvalue weighted by Gasteiger charge is 2.44. The first-order valence-corrected chi connectivity index (χ1v) is 21.1. The largest absolute Gasteiger partial charge is 0.507 e. The molecule has 1 aromatic heterocycles. The fourth-order valence-corrected chi connectivity index (χ4v) is 9.03. The van der Waals surface area contributed by atoms with Crippen LogP contribution in [-0.4, -0.2) is 94.9 Å². The van der Waals surface area contributed by atoms with E-state index in [-0.39, 0.29) is 55.1 Å². The van der Waals surface area contributed by atoms with Crippen LogP contribution in [-0.2, 0) is 23.9 Å². The average molecular weight is 883 g/mol. The Balaban J connectivity index is 1.53. The minimum atomic E-state index is -2.04. The van der Waals surface area contributed by atoms with E-state index in [2.05, 4.69) is 5.32 Å². The molecule has 5 heterocycles. The van der Waals surface area contributed by atoms with Gasteiger partial charge in [0.15, 0.2) is 22.4 Å². The van der Waals surface area contributed by atoms with Crippen LogP contribution in [0.2, 0.25) is 0 Å². The van der Waals surface area contributed by atoms with Crippen LogP contribution < -0.4 is 35.9 Å². The van der Waals surface area contributed by atoms with E-state index < -0.39 is 93.6 Å². The monoisotopic (exact) mass is 882 g/mol. The number of carbonyl (C=O) groups excluding carboxylic acids is 3. The number of aromatic hydroxyl groups is 1. The number of ether oxygens (including phenoxy) is 3. The van der Waals surface area contributed by atoms with Crippen LogP contribution in [0.5, 0.6) is 11.5 Å². The molecule has 0 saturated heterocycles. The summed E-state index contributed by atoms with van der Waals surface area (Å²) in [5.41, 5.74) is -1.12. The van der Waals surface area contributed by atoms with Crippen LogP contribution in [0.15, 0.2) is 56.2 Å². The molecule has 17 nitrogen and oxygen atoms in total. The van der Waals surface area contributed by atoms with E-state index in [0.717, 1.165) is 6.26 Å². The number of aldehydes is 1. The third kappa shape index (κ3) is 7.49. The molecule has 0 spiro atoms. The smallest absolute Gasteiger partial charge is 0.307 e. The number of hydrogen-bond acceptors (Lipinski definition) is 16. The van der Waals surface area contributed by atoms with Crippen LogP contribution in [0.3, 0.4) is 0 Å². The molecule has 0 saturated carbocycles. The lowest BCUT2D eigenvalue weighted by Crippen LogP contribution is -2.45. The number of hydrogen-bond donors (Lipinski definition) is 5. The van der Waals surface area contributed by atoms with Crippen molar-refractivity contribution < 1.29 is 53.4 Å². The third-order valence-electron chi connectivity index (χ3n) is 13.1. The zero-order valence-corrected chi connectivity index (χ0v) is 37.4. The molecule has 8 rings (SSSR count). The average Bonchev–Trinajstić information content (AvgIpc) is 3.52. The van der Waals surface area contributed by atoms with Crippen molar-refractivity contribution in [3.8, 4) is 11.5 Å².